The zero-order chi connectivity index (χ0) is 19.5. The Morgan fingerprint density at radius 2 is 1.93 bits per heavy atom. The van der Waals surface area contributed by atoms with Gasteiger partial charge in [0.15, 0.2) is 0 Å². The van der Waals surface area contributed by atoms with Crippen molar-refractivity contribution < 1.29 is 9.53 Å². The number of benzene rings is 2. The number of fused-ring (bicyclic) bond motifs is 1. The topological polar surface area (TPSA) is 54.5 Å². The second-order valence-electron chi connectivity index (χ2n) is 7.33. The summed E-state index contributed by atoms with van der Waals surface area (Å²) in [6, 6.07) is 18.0. The average Bonchev–Trinajstić information content (AvgIpc) is 3.52. The van der Waals surface area contributed by atoms with Gasteiger partial charge in [-0.1, -0.05) is 36.4 Å². The number of nitrogens with zero attached hydrogens (tertiary/aromatic N) is 2. The molecule has 1 aliphatic rings. The summed E-state index contributed by atoms with van der Waals surface area (Å²) in [4.78, 5) is 19.5. The first-order valence-corrected chi connectivity index (χ1v) is 9.72. The molecule has 0 saturated heterocycles. The third-order valence-electron chi connectivity index (χ3n) is 5.03. The molecule has 2 aromatic carbocycles. The van der Waals surface area contributed by atoms with E-state index in [9.17, 15) is 4.79 Å². The van der Waals surface area contributed by atoms with E-state index in [4.69, 9.17) is 9.72 Å². The summed E-state index contributed by atoms with van der Waals surface area (Å²) in [5.41, 5.74) is 2.62. The Hall–Kier alpha value is -3.08. The molecule has 1 heterocycles. The SMILES string of the molecule is Cc1ccccc1OCCN(C)c1cc(C(=O)NC2CC2)c2ccccc2n1. The van der Waals surface area contributed by atoms with Crippen LogP contribution in [0.4, 0.5) is 5.82 Å². The number of carbonyl (C=O) groups is 1. The number of pyridine rings is 1. The number of hydrogen-bond donors (Lipinski definition) is 1. The van der Waals surface area contributed by atoms with Gasteiger partial charge < -0.3 is 15.0 Å². The first-order chi connectivity index (χ1) is 13.6. The molecule has 0 unspecified atom stereocenters. The zero-order valence-electron chi connectivity index (χ0n) is 16.3. The molecule has 1 fully saturated rings. The van der Waals surface area contributed by atoms with E-state index in [1.165, 1.54) is 0 Å². The van der Waals surface area contributed by atoms with Crippen LogP contribution in [0.1, 0.15) is 28.8 Å². The van der Waals surface area contributed by atoms with Crippen LogP contribution in [0.25, 0.3) is 10.9 Å². The Labute approximate surface area is 165 Å². The van der Waals surface area contributed by atoms with E-state index in [-0.39, 0.29) is 5.91 Å². The lowest BCUT2D eigenvalue weighted by Gasteiger charge is -2.20. The van der Waals surface area contributed by atoms with Gasteiger partial charge in [-0.15, -0.1) is 0 Å². The van der Waals surface area contributed by atoms with Crippen LogP contribution in [0, 0.1) is 6.92 Å². The first kappa shape index (κ1) is 18.3. The van der Waals surface area contributed by atoms with Crippen molar-refractivity contribution in [2.24, 2.45) is 0 Å². The van der Waals surface area contributed by atoms with Crippen molar-refractivity contribution in [2.45, 2.75) is 25.8 Å². The van der Waals surface area contributed by atoms with Crippen LogP contribution in [0.3, 0.4) is 0 Å². The fraction of sp³-hybridized carbons (Fsp3) is 0.304. The van der Waals surface area contributed by atoms with Crippen molar-refractivity contribution in [1.29, 1.82) is 0 Å². The van der Waals surface area contributed by atoms with Gasteiger partial charge in [0.25, 0.3) is 5.91 Å². The Morgan fingerprint density at radius 3 is 2.71 bits per heavy atom. The molecule has 1 aliphatic carbocycles. The predicted molar refractivity (Wildman–Crippen MR) is 112 cm³/mol. The summed E-state index contributed by atoms with van der Waals surface area (Å²) in [6.45, 7) is 3.25. The van der Waals surface area contributed by atoms with Crippen LogP contribution in [-0.4, -0.2) is 37.1 Å². The second kappa shape index (κ2) is 7.89. The van der Waals surface area contributed by atoms with Crippen molar-refractivity contribution in [2.75, 3.05) is 25.1 Å². The number of likely N-dealkylation sites (N-methyl/N-ethyl adjacent to an activating group) is 1. The van der Waals surface area contributed by atoms with Gasteiger partial charge in [0.05, 0.1) is 17.6 Å². The number of ether oxygens (including phenoxy) is 1. The van der Waals surface area contributed by atoms with Crippen molar-refractivity contribution in [1.82, 2.24) is 10.3 Å². The number of aryl methyl sites for hydroxylation is 1. The lowest BCUT2D eigenvalue weighted by molar-refractivity contribution is 0.0952. The number of amides is 1. The van der Waals surface area contributed by atoms with E-state index in [0.29, 0.717) is 24.8 Å². The lowest BCUT2D eigenvalue weighted by Crippen LogP contribution is -2.28. The normalized spacial score (nSPS) is 13.4. The molecule has 0 spiro atoms. The average molecular weight is 375 g/mol. The van der Waals surface area contributed by atoms with Crippen LogP contribution in [-0.2, 0) is 0 Å². The molecule has 1 saturated carbocycles. The number of aromatic nitrogens is 1. The van der Waals surface area contributed by atoms with Gasteiger partial charge in [-0.2, -0.15) is 0 Å². The second-order valence-corrected chi connectivity index (χ2v) is 7.33. The number of nitrogens with one attached hydrogen (secondary N) is 1. The molecule has 0 bridgehead atoms. The summed E-state index contributed by atoms with van der Waals surface area (Å²) in [7, 11) is 1.97. The summed E-state index contributed by atoms with van der Waals surface area (Å²) < 4.78 is 5.91. The van der Waals surface area contributed by atoms with Crippen molar-refractivity contribution in [3.63, 3.8) is 0 Å². The maximum absolute atomic E-state index is 12.7. The third kappa shape index (κ3) is 4.09. The van der Waals surface area contributed by atoms with Gasteiger partial charge in [-0.05, 0) is 43.5 Å². The number of para-hydroxylation sites is 2. The van der Waals surface area contributed by atoms with Crippen LogP contribution >= 0.6 is 0 Å². The molecule has 0 aliphatic heterocycles. The standard InChI is InChI=1S/C23H25N3O2/c1-16-7-3-6-10-21(16)28-14-13-26(2)22-15-19(23(27)24-17-11-12-17)18-8-4-5-9-20(18)25-22/h3-10,15,17H,11-14H2,1-2H3,(H,24,27). The fourth-order valence-corrected chi connectivity index (χ4v) is 3.16. The molecule has 1 amide bonds. The quantitative estimate of drug-likeness (QED) is 0.679. The molecular formula is C23H25N3O2. The highest BCUT2D eigenvalue weighted by Crippen LogP contribution is 2.25. The molecule has 1 N–H and O–H groups in total. The molecule has 0 atom stereocenters. The fourth-order valence-electron chi connectivity index (χ4n) is 3.16. The minimum absolute atomic E-state index is 0.0214. The first-order valence-electron chi connectivity index (χ1n) is 9.72. The van der Waals surface area contributed by atoms with Crippen LogP contribution in [0.5, 0.6) is 5.75 Å². The minimum atomic E-state index is -0.0214. The van der Waals surface area contributed by atoms with Crippen molar-refractivity contribution in [3.05, 3.63) is 65.7 Å². The summed E-state index contributed by atoms with van der Waals surface area (Å²) in [5, 5.41) is 3.97. The molecule has 28 heavy (non-hydrogen) atoms. The molecule has 1 aromatic heterocycles. The van der Waals surface area contributed by atoms with E-state index in [1.807, 2.05) is 73.5 Å². The summed E-state index contributed by atoms with van der Waals surface area (Å²) in [6.07, 6.45) is 2.13. The van der Waals surface area contributed by atoms with E-state index >= 15 is 0 Å². The number of hydrogen-bond acceptors (Lipinski definition) is 4. The van der Waals surface area contributed by atoms with Crippen LogP contribution in [0.2, 0.25) is 0 Å². The smallest absolute Gasteiger partial charge is 0.252 e. The van der Waals surface area contributed by atoms with E-state index in [1.54, 1.807) is 0 Å². The molecule has 144 valence electrons. The minimum Gasteiger partial charge on any atom is -0.491 e. The van der Waals surface area contributed by atoms with E-state index < -0.39 is 0 Å². The summed E-state index contributed by atoms with van der Waals surface area (Å²) in [5.74, 6) is 1.65. The van der Waals surface area contributed by atoms with Crippen LogP contribution in [0.15, 0.2) is 54.6 Å². The van der Waals surface area contributed by atoms with Gasteiger partial charge in [-0.25, -0.2) is 4.98 Å². The largest absolute Gasteiger partial charge is 0.491 e. The van der Waals surface area contributed by atoms with Gasteiger partial charge in [0.1, 0.15) is 18.2 Å². The Kier molecular flexibility index (Phi) is 5.15. The number of anilines is 1. The number of rotatable bonds is 7. The zero-order valence-corrected chi connectivity index (χ0v) is 16.3. The highest BCUT2D eigenvalue weighted by molar-refractivity contribution is 6.07. The molecule has 4 rings (SSSR count). The lowest BCUT2D eigenvalue weighted by atomic mass is 10.1. The summed E-state index contributed by atoms with van der Waals surface area (Å²) >= 11 is 0. The van der Waals surface area contributed by atoms with E-state index in [2.05, 4.69) is 5.32 Å². The van der Waals surface area contributed by atoms with E-state index in [0.717, 1.165) is 40.9 Å². The molecular weight excluding hydrogens is 350 g/mol. The highest BCUT2D eigenvalue weighted by Gasteiger charge is 2.25. The van der Waals surface area contributed by atoms with Crippen molar-refractivity contribution in [3.8, 4) is 5.75 Å². The van der Waals surface area contributed by atoms with Gasteiger partial charge >= 0.3 is 0 Å². The maximum atomic E-state index is 12.7. The maximum Gasteiger partial charge on any atom is 0.252 e. The highest BCUT2D eigenvalue weighted by atomic mass is 16.5. The Balaban J connectivity index is 1.52. The monoisotopic (exact) mass is 375 g/mol. The van der Waals surface area contributed by atoms with Crippen molar-refractivity contribution >= 4 is 22.6 Å². The predicted octanol–water partition coefficient (Wildman–Crippen LogP) is 3.95. The number of carbonyl (C=O) groups excluding carboxylic acids is 1. The van der Waals surface area contributed by atoms with Crippen LogP contribution < -0.4 is 15.0 Å². The molecule has 5 nitrogen and oxygen atoms in total. The Bertz CT molecular complexity index is 998. The third-order valence-corrected chi connectivity index (χ3v) is 5.03. The molecule has 3 aromatic rings. The van der Waals surface area contributed by atoms with Gasteiger partial charge in [-0.3, -0.25) is 4.79 Å². The van der Waals surface area contributed by atoms with Gasteiger partial charge in [0.2, 0.25) is 0 Å². The molecule has 5 heteroatoms. The van der Waals surface area contributed by atoms with Gasteiger partial charge in [0, 0.05) is 18.5 Å². The Morgan fingerprint density at radius 1 is 1.18 bits per heavy atom. The molecule has 0 radical (unpaired) electrons.